The lowest BCUT2D eigenvalue weighted by Gasteiger charge is -2.10. The van der Waals surface area contributed by atoms with Gasteiger partial charge in [-0.1, -0.05) is 30.0 Å². The lowest BCUT2D eigenvalue weighted by atomic mass is 10.1. The minimum atomic E-state index is 0.209. The Morgan fingerprint density at radius 1 is 1.40 bits per heavy atom. The Labute approximate surface area is 122 Å². The monoisotopic (exact) mass is 290 g/mol. The minimum Gasteiger partial charge on any atom is -0.489 e. The van der Waals surface area contributed by atoms with Crippen molar-refractivity contribution in [2.75, 3.05) is 5.75 Å². The molecule has 106 valence electrons. The summed E-state index contributed by atoms with van der Waals surface area (Å²) < 4.78 is 7.99. The van der Waals surface area contributed by atoms with Gasteiger partial charge in [0, 0.05) is 18.7 Å². The van der Waals surface area contributed by atoms with E-state index in [0.717, 1.165) is 35.4 Å². The van der Waals surface area contributed by atoms with Gasteiger partial charge in [0.15, 0.2) is 5.16 Å². The van der Waals surface area contributed by atoms with Gasteiger partial charge < -0.3 is 15.0 Å². The SMILES string of the molecule is CCn1c(CN)nnc1SCC1Cc2ccccc2O1. The Bertz CT molecular complexity index is 574. The summed E-state index contributed by atoms with van der Waals surface area (Å²) in [5, 5.41) is 9.25. The fourth-order valence-corrected chi connectivity index (χ4v) is 3.42. The highest BCUT2D eigenvalue weighted by molar-refractivity contribution is 7.99. The molecule has 1 atom stereocenters. The van der Waals surface area contributed by atoms with Crippen LogP contribution in [-0.4, -0.2) is 26.6 Å². The van der Waals surface area contributed by atoms with Crippen molar-refractivity contribution in [1.29, 1.82) is 0 Å². The highest BCUT2D eigenvalue weighted by atomic mass is 32.2. The van der Waals surface area contributed by atoms with Crippen LogP contribution < -0.4 is 10.5 Å². The van der Waals surface area contributed by atoms with Crippen LogP contribution in [0.4, 0.5) is 0 Å². The predicted molar refractivity (Wildman–Crippen MR) is 78.9 cm³/mol. The maximum Gasteiger partial charge on any atom is 0.191 e. The first-order chi connectivity index (χ1) is 9.81. The molecule has 0 amide bonds. The zero-order chi connectivity index (χ0) is 13.9. The van der Waals surface area contributed by atoms with Crippen molar-refractivity contribution in [1.82, 2.24) is 14.8 Å². The standard InChI is InChI=1S/C14H18N4OS/c1-2-18-13(8-15)16-17-14(18)20-9-11-7-10-5-3-4-6-12(10)19-11/h3-6,11H,2,7-9,15H2,1H3. The first-order valence-electron chi connectivity index (χ1n) is 6.81. The van der Waals surface area contributed by atoms with E-state index in [9.17, 15) is 0 Å². The first-order valence-corrected chi connectivity index (χ1v) is 7.80. The molecule has 2 heterocycles. The molecule has 6 heteroatoms. The molecular formula is C14H18N4OS. The van der Waals surface area contributed by atoms with Crippen LogP contribution in [0.15, 0.2) is 29.4 Å². The molecule has 1 aliphatic rings. The molecule has 1 aromatic heterocycles. The molecule has 1 aromatic carbocycles. The van der Waals surface area contributed by atoms with Crippen molar-refractivity contribution in [3.05, 3.63) is 35.7 Å². The maximum absolute atomic E-state index is 5.93. The zero-order valence-corrected chi connectivity index (χ0v) is 12.3. The summed E-state index contributed by atoms with van der Waals surface area (Å²) in [6.45, 7) is 3.34. The molecule has 0 saturated carbocycles. The van der Waals surface area contributed by atoms with E-state index in [1.54, 1.807) is 11.8 Å². The molecule has 0 radical (unpaired) electrons. The van der Waals surface area contributed by atoms with Gasteiger partial charge in [-0.2, -0.15) is 0 Å². The van der Waals surface area contributed by atoms with Gasteiger partial charge in [-0.15, -0.1) is 10.2 Å². The van der Waals surface area contributed by atoms with Crippen LogP contribution >= 0.6 is 11.8 Å². The van der Waals surface area contributed by atoms with E-state index in [4.69, 9.17) is 10.5 Å². The molecule has 2 aromatic rings. The van der Waals surface area contributed by atoms with E-state index in [0.29, 0.717) is 6.54 Å². The van der Waals surface area contributed by atoms with E-state index < -0.39 is 0 Å². The number of hydrogen-bond donors (Lipinski definition) is 1. The van der Waals surface area contributed by atoms with Gasteiger partial charge in [-0.05, 0) is 18.6 Å². The molecule has 1 aliphatic heterocycles. The van der Waals surface area contributed by atoms with E-state index in [-0.39, 0.29) is 6.10 Å². The van der Waals surface area contributed by atoms with Crippen molar-refractivity contribution in [3.63, 3.8) is 0 Å². The van der Waals surface area contributed by atoms with Crippen molar-refractivity contribution < 1.29 is 4.74 Å². The van der Waals surface area contributed by atoms with Crippen LogP contribution in [0.1, 0.15) is 18.3 Å². The van der Waals surface area contributed by atoms with Gasteiger partial charge in [0.2, 0.25) is 0 Å². The summed E-state index contributed by atoms with van der Waals surface area (Å²) in [6.07, 6.45) is 1.17. The third-order valence-corrected chi connectivity index (χ3v) is 4.50. The number of para-hydroxylation sites is 1. The summed E-state index contributed by atoms with van der Waals surface area (Å²) in [7, 11) is 0. The molecule has 1 unspecified atom stereocenters. The normalized spacial score (nSPS) is 17.0. The Kier molecular flexibility index (Phi) is 3.93. The molecule has 20 heavy (non-hydrogen) atoms. The van der Waals surface area contributed by atoms with Crippen molar-refractivity contribution in [2.24, 2.45) is 5.73 Å². The predicted octanol–water partition coefficient (Wildman–Crippen LogP) is 1.85. The molecule has 0 aliphatic carbocycles. The van der Waals surface area contributed by atoms with E-state index in [1.165, 1.54) is 5.56 Å². The molecule has 0 spiro atoms. The molecule has 5 nitrogen and oxygen atoms in total. The number of aromatic nitrogens is 3. The third kappa shape index (κ3) is 2.53. The first kappa shape index (κ1) is 13.5. The summed E-state index contributed by atoms with van der Waals surface area (Å²) in [6, 6.07) is 8.22. The minimum absolute atomic E-state index is 0.209. The number of fused-ring (bicyclic) bond motifs is 1. The van der Waals surface area contributed by atoms with Crippen LogP contribution in [0.2, 0.25) is 0 Å². The second-order valence-corrected chi connectivity index (χ2v) is 5.70. The summed E-state index contributed by atoms with van der Waals surface area (Å²) in [4.78, 5) is 0. The maximum atomic E-state index is 5.93. The molecule has 0 saturated heterocycles. The van der Waals surface area contributed by atoms with Gasteiger partial charge in [0.1, 0.15) is 17.7 Å². The van der Waals surface area contributed by atoms with Gasteiger partial charge in [0.25, 0.3) is 0 Å². The average molecular weight is 290 g/mol. The Balaban J connectivity index is 1.63. The van der Waals surface area contributed by atoms with Crippen LogP contribution in [0.3, 0.4) is 0 Å². The number of nitrogens with two attached hydrogens (primary N) is 1. The third-order valence-electron chi connectivity index (χ3n) is 3.40. The number of thioether (sulfide) groups is 1. The highest BCUT2D eigenvalue weighted by Gasteiger charge is 2.23. The summed E-state index contributed by atoms with van der Waals surface area (Å²) in [5.41, 5.74) is 6.95. The fourth-order valence-electron chi connectivity index (χ4n) is 2.41. The average Bonchev–Trinajstić information content (AvgIpc) is 3.07. The zero-order valence-electron chi connectivity index (χ0n) is 11.5. The number of nitrogens with zero attached hydrogens (tertiary/aromatic N) is 3. The van der Waals surface area contributed by atoms with Gasteiger partial charge in [-0.25, -0.2) is 0 Å². The largest absolute Gasteiger partial charge is 0.489 e. The molecular weight excluding hydrogens is 272 g/mol. The number of rotatable bonds is 5. The Morgan fingerprint density at radius 2 is 2.25 bits per heavy atom. The van der Waals surface area contributed by atoms with E-state index in [2.05, 4.69) is 33.8 Å². The van der Waals surface area contributed by atoms with Crippen LogP contribution in [0.25, 0.3) is 0 Å². The Hall–Kier alpha value is -1.53. The van der Waals surface area contributed by atoms with Crippen LogP contribution in [0, 0.1) is 0 Å². The second-order valence-electron chi connectivity index (χ2n) is 4.71. The van der Waals surface area contributed by atoms with Crippen molar-refractivity contribution in [2.45, 2.75) is 37.7 Å². The van der Waals surface area contributed by atoms with Crippen LogP contribution in [-0.2, 0) is 19.5 Å². The van der Waals surface area contributed by atoms with E-state index >= 15 is 0 Å². The molecule has 2 N–H and O–H groups in total. The number of hydrogen-bond acceptors (Lipinski definition) is 5. The van der Waals surface area contributed by atoms with Gasteiger partial charge in [-0.3, -0.25) is 0 Å². The summed E-state index contributed by atoms with van der Waals surface area (Å²) in [5.74, 6) is 2.72. The summed E-state index contributed by atoms with van der Waals surface area (Å²) >= 11 is 1.68. The van der Waals surface area contributed by atoms with Crippen molar-refractivity contribution in [3.8, 4) is 5.75 Å². The smallest absolute Gasteiger partial charge is 0.191 e. The lowest BCUT2D eigenvalue weighted by Crippen LogP contribution is -2.16. The molecule has 0 fully saturated rings. The Morgan fingerprint density at radius 3 is 3.00 bits per heavy atom. The fraction of sp³-hybridized carbons (Fsp3) is 0.429. The number of ether oxygens (including phenoxy) is 1. The highest BCUT2D eigenvalue weighted by Crippen LogP contribution is 2.30. The van der Waals surface area contributed by atoms with Gasteiger partial charge >= 0.3 is 0 Å². The second kappa shape index (κ2) is 5.85. The molecule has 3 rings (SSSR count). The number of benzene rings is 1. The van der Waals surface area contributed by atoms with Gasteiger partial charge in [0.05, 0.1) is 6.54 Å². The van der Waals surface area contributed by atoms with Crippen LogP contribution in [0.5, 0.6) is 5.75 Å². The topological polar surface area (TPSA) is 66.0 Å². The van der Waals surface area contributed by atoms with Crippen molar-refractivity contribution >= 4 is 11.8 Å². The lowest BCUT2D eigenvalue weighted by molar-refractivity contribution is 0.259. The quantitative estimate of drug-likeness (QED) is 0.851. The van der Waals surface area contributed by atoms with E-state index in [1.807, 2.05) is 12.1 Å². The molecule has 0 bridgehead atoms.